The maximum atomic E-state index is 9.55. The summed E-state index contributed by atoms with van der Waals surface area (Å²) in [5, 5.41) is 13.1. The van der Waals surface area contributed by atoms with E-state index in [0.29, 0.717) is 0 Å². The normalized spacial score (nSPS) is 20.2. The first kappa shape index (κ1) is 18.5. The first-order chi connectivity index (χ1) is 12.2. The molecule has 3 rings (SSSR count). The molecule has 6 heteroatoms. The van der Waals surface area contributed by atoms with Gasteiger partial charge in [0.15, 0.2) is 0 Å². The van der Waals surface area contributed by atoms with Crippen LogP contribution in [-0.4, -0.2) is 65.3 Å². The van der Waals surface area contributed by atoms with Gasteiger partial charge < -0.3 is 20.2 Å². The molecule has 0 unspecified atom stereocenters. The Labute approximate surface area is 151 Å². The van der Waals surface area contributed by atoms with E-state index < -0.39 is 0 Å². The van der Waals surface area contributed by atoms with Gasteiger partial charge in [-0.05, 0) is 64.6 Å². The minimum atomic E-state index is -0.0792. The smallest absolute Gasteiger partial charge is 0.225 e. The molecule has 0 spiro atoms. The highest BCUT2D eigenvalue weighted by Crippen LogP contribution is 2.16. The first-order valence-corrected chi connectivity index (χ1v) is 9.91. The standard InChI is InChI=1S/C19H33N5O/c1-16-14-17(22-19(21-16)24-10-3-2-4-11-24)15-20-8-5-9-23-12-6-18(25)7-13-23/h14,18,20,25H,2-13,15H2,1H3. The van der Waals surface area contributed by atoms with Gasteiger partial charge in [0.25, 0.3) is 0 Å². The van der Waals surface area contributed by atoms with Gasteiger partial charge in [-0.3, -0.25) is 0 Å². The summed E-state index contributed by atoms with van der Waals surface area (Å²) in [6.07, 6.45) is 6.73. The molecule has 0 aromatic carbocycles. The maximum Gasteiger partial charge on any atom is 0.225 e. The van der Waals surface area contributed by atoms with Crippen molar-refractivity contribution in [3.05, 3.63) is 17.5 Å². The van der Waals surface area contributed by atoms with Crippen molar-refractivity contribution < 1.29 is 5.11 Å². The number of aromatic nitrogens is 2. The summed E-state index contributed by atoms with van der Waals surface area (Å²) in [4.78, 5) is 14.2. The highest BCUT2D eigenvalue weighted by atomic mass is 16.3. The predicted octanol–water partition coefficient (Wildman–Crippen LogP) is 1.71. The molecule has 140 valence electrons. The van der Waals surface area contributed by atoms with Crippen LogP contribution in [0.4, 0.5) is 5.95 Å². The van der Waals surface area contributed by atoms with Crippen LogP contribution in [0.2, 0.25) is 0 Å². The lowest BCUT2D eigenvalue weighted by atomic mass is 10.1. The van der Waals surface area contributed by atoms with Crippen LogP contribution < -0.4 is 10.2 Å². The van der Waals surface area contributed by atoms with E-state index >= 15 is 0 Å². The Bertz CT molecular complexity index is 525. The third-order valence-electron chi connectivity index (χ3n) is 5.23. The van der Waals surface area contributed by atoms with Gasteiger partial charge in [-0.25, -0.2) is 9.97 Å². The molecule has 0 amide bonds. The zero-order valence-electron chi connectivity index (χ0n) is 15.6. The second-order valence-electron chi connectivity index (χ2n) is 7.45. The fourth-order valence-electron chi connectivity index (χ4n) is 3.73. The summed E-state index contributed by atoms with van der Waals surface area (Å²) in [6, 6.07) is 2.09. The molecule has 2 fully saturated rings. The first-order valence-electron chi connectivity index (χ1n) is 9.91. The summed E-state index contributed by atoms with van der Waals surface area (Å²) in [7, 11) is 0. The highest BCUT2D eigenvalue weighted by Gasteiger charge is 2.16. The Kier molecular flexibility index (Phi) is 7.02. The minimum Gasteiger partial charge on any atom is -0.393 e. The van der Waals surface area contributed by atoms with E-state index in [-0.39, 0.29) is 6.10 Å². The number of anilines is 1. The summed E-state index contributed by atoms with van der Waals surface area (Å²) in [5.41, 5.74) is 2.15. The second kappa shape index (κ2) is 9.46. The van der Waals surface area contributed by atoms with Gasteiger partial charge in [0.1, 0.15) is 0 Å². The van der Waals surface area contributed by atoms with Crippen LogP contribution in [0.3, 0.4) is 0 Å². The van der Waals surface area contributed by atoms with E-state index in [1.807, 2.05) is 0 Å². The Morgan fingerprint density at radius 3 is 2.64 bits per heavy atom. The van der Waals surface area contributed by atoms with Gasteiger partial charge in [-0.1, -0.05) is 0 Å². The molecule has 3 heterocycles. The van der Waals surface area contributed by atoms with Crippen LogP contribution in [-0.2, 0) is 6.54 Å². The summed E-state index contributed by atoms with van der Waals surface area (Å²) >= 11 is 0. The van der Waals surface area contributed by atoms with Crippen LogP contribution in [0.25, 0.3) is 0 Å². The zero-order chi connectivity index (χ0) is 17.5. The number of hydrogen-bond acceptors (Lipinski definition) is 6. The number of aliphatic hydroxyl groups excluding tert-OH is 1. The number of nitrogens with zero attached hydrogens (tertiary/aromatic N) is 4. The molecule has 2 N–H and O–H groups in total. The molecule has 0 bridgehead atoms. The number of likely N-dealkylation sites (tertiary alicyclic amines) is 1. The minimum absolute atomic E-state index is 0.0792. The van der Waals surface area contributed by atoms with Gasteiger partial charge in [0, 0.05) is 38.4 Å². The van der Waals surface area contributed by atoms with Crippen molar-refractivity contribution in [2.75, 3.05) is 44.2 Å². The molecule has 2 aliphatic heterocycles. The maximum absolute atomic E-state index is 9.55. The van der Waals surface area contributed by atoms with Crippen LogP contribution in [0.15, 0.2) is 6.07 Å². The number of aryl methyl sites for hydroxylation is 1. The van der Waals surface area contributed by atoms with Crippen LogP contribution >= 0.6 is 0 Å². The zero-order valence-corrected chi connectivity index (χ0v) is 15.6. The Balaban J connectivity index is 1.39. The summed E-state index contributed by atoms with van der Waals surface area (Å²) < 4.78 is 0. The number of nitrogens with one attached hydrogen (secondary N) is 1. The molecular weight excluding hydrogens is 314 g/mol. The molecule has 0 radical (unpaired) electrons. The number of rotatable bonds is 7. The van der Waals surface area contributed by atoms with E-state index in [0.717, 1.165) is 82.4 Å². The number of piperidine rings is 2. The molecule has 25 heavy (non-hydrogen) atoms. The van der Waals surface area contributed by atoms with Gasteiger partial charge in [0.2, 0.25) is 5.95 Å². The Morgan fingerprint density at radius 1 is 1.12 bits per heavy atom. The molecule has 0 saturated carbocycles. The SMILES string of the molecule is Cc1cc(CNCCCN2CCC(O)CC2)nc(N2CCCCC2)n1. The molecule has 1 aromatic heterocycles. The van der Waals surface area contributed by atoms with Crippen molar-refractivity contribution >= 4 is 5.95 Å². The largest absolute Gasteiger partial charge is 0.393 e. The Morgan fingerprint density at radius 2 is 1.88 bits per heavy atom. The second-order valence-corrected chi connectivity index (χ2v) is 7.45. The van der Waals surface area contributed by atoms with Gasteiger partial charge in [-0.2, -0.15) is 0 Å². The third kappa shape index (κ3) is 5.90. The molecule has 0 atom stereocenters. The Hall–Kier alpha value is -1.24. The van der Waals surface area contributed by atoms with Crippen LogP contribution in [0.5, 0.6) is 0 Å². The van der Waals surface area contributed by atoms with Crippen molar-refractivity contribution in [1.29, 1.82) is 0 Å². The summed E-state index contributed by atoms with van der Waals surface area (Å²) in [5.74, 6) is 0.906. The third-order valence-corrected chi connectivity index (χ3v) is 5.23. The van der Waals surface area contributed by atoms with Crippen molar-refractivity contribution in [2.45, 2.75) is 58.1 Å². The lowest BCUT2D eigenvalue weighted by molar-refractivity contribution is 0.0821. The van der Waals surface area contributed by atoms with Gasteiger partial charge >= 0.3 is 0 Å². The monoisotopic (exact) mass is 347 g/mol. The fourth-order valence-corrected chi connectivity index (χ4v) is 3.73. The van der Waals surface area contributed by atoms with E-state index in [1.165, 1.54) is 19.3 Å². The van der Waals surface area contributed by atoms with E-state index in [9.17, 15) is 5.11 Å². The van der Waals surface area contributed by atoms with Crippen molar-refractivity contribution in [2.24, 2.45) is 0 Å². The lowest BCUT2D eigenvalue weighted by Gasteiger charge is -2.29. The molecule has 0 aliphatic carbocycles. The van der Waals surface area contributed by atoms with Crippen molar-refractivity contribution in [3.8, 4) is 0 Å². The highest BCUT2D eigenvalue weighted by molar-refractivity contribution is 5.32. The molecule has 1 aromatic rings. The number of aliphatic hydroxyl groups is 1. The molecular formula is C19H33N5O. The molecule has 6 nitrogen and oxygen atoms in total. The van der Waals surface area contributed by atoms with Crippen molar-refractivity contribution in [3.63, 3.8) is 0 Å². The molecule has 2 aliphatic rings. The van der Waals surface area contributed by atoms with E-state index in [2.05, 4.69) is 33.1 Å². The van der Waals surface area contributed by atoms with Crippen LogP contribution in [0.1, 0.15) is 49.9 Å². The van der Waals surface area contributed by atoms with Gasteiger partial charge in [0.05, 0.1) is 11.8 Å². The average molecular weight is 348 g/mol. The lowest BCUT2D eigenvalue weighted by Crippen LogP contribution is -2.37. The molecule has 2 saturated heterocycles. The van der Waals surface area contributed by atoms with E-state index in [1.54, 1.807) is 0 Å². The predicted molar refractivity (Wildman–Crippen MR) is 101 cm³/mol. The number of hydrogen-bond donors (Lipinski definition) is 2. The fraction of sp³-hybridized carbons (Fsp3) is 0.789. The summed E-state index contributed by atoms with van der Waals surface area (Å²) in [6.45, 7) is 9.22. The van der Waals surface area contributed by atoms with Gasteiger partial charge in [-0.15, -0.1) is 0 Å². The average Bonchev–Trinajstić information content (AvgIpc) is 2.63. The van der Waals surface area contributed by atoms with E-state index in [4.69, 9.17) is 4.98 Å². The van der Waals surface area contributed by atoms with Crippen molar-refractivity contribution in [1.82, 2.24) is 20.2 Å². The van der Waals surface area contributed by atoms with Crippen LogP contribution in [0, 0.1) is 6.92 Å². The topological polar surface area (TPSA) is 64.5 Å². The quantitative estimate of drug-likeness (QED) is 0.732.